The second-order valence-corrected chi connectivity index (χ2v) is 6.32. The lowest BCUT2D eigenvalue weighted by Gasteiger charge is -2.19. The summed E-state index contributed by atoms with van der Waals surface area (Å²) >= 11 is 2.03. The third kappa shape index (κ3) is 2.76. The average molecular weight is 276 g/mol. The molecule has 0 spiro atoms. The summed E-state index contributed by atoms with van der Waals surface area (Å²) in [7, 11) is 0. The van der Waals surface area contributed by atoms with Crippen LogP contribution in [0.3, 0.4) is 0 Å². The molecule has 1 fully saturated rings. The summed E-state index contributed by atoms with van der Waals surface area (Å²) in [4.78, 5) is 15.5. The van der Waals surface area contributed by atoms with Crippen molar-refractivity contribution in [1.29, 1.82) is 0 Å². The van der Waals surface area contributed by atoms with Crippen molar-refractivity contribution >= 4 is 23.4 Å². The summed E-state index contributed by atoms with van der Waals surface area (Å²) in [6.07, 6.45) is 8.47. The van der Waals surface area contributed by atoms with Crippen molar-refractivity contribution < 1.29 is 9.90 Å². The van der Waals surface area contributed by atoms with Crippen LogP contribution >= 0.6 is 11.8 Å². The van der Waals surface area contributed by atoms with Gasteiger partial charge in [0.2, 0.25) is 0 Å². The van der Waals surface area contributed by atoms with E-state index in [0.717, 1.165) is 17.8 Å². The summed E-state index contributed by atoms with van der Waals surface area (Å²) < 4.78 is 1.81. The van der Waals surface area contributed by atoms with Gasteiger partial charge in [-0.25, -0.2) is 9.78 Å². The number of rotatable bonds is 3. The fraction of sp³-hybridized carbons (Fsp3) is 0.429. The molecule has 1 atom stereocenters. The van der Waals surface area contributed by atoms with Crippen molar-refractivity contribution in [1.82, 2.24) is 9.38 Å². The molecule has 19 heavy (non-hydrogen) atoms. The summed E-state index contributed by atoms with van der Waals surface area (Å²) in [6.45, 7) is 0. The molecular weight excluding hydrogens is 260 g/mol. The maximum absolute atomic E-state index is 10.9. The Morgan fingerprint density at radius 3 is 3.05 bits per heavy atom. The highest BCUT2D eigenvalue weighted by atomic mass is 32.2. The fourth-order valence-electron chi connectivity index (χ4n) is 2.47. The quantitative estimate of drug-likeness (QED) is 0.936. The lowest BCUT2D eigenvalue weighted by Crippen LogP contribution is -2.12. The van der Waals surface area contributed by atoms with Crippen LogP contribution in [0.1, 0.15) is 35.3 Å². The zero-order valence-corrected chi connectivity index (χ0v) is 11.4. The molecule has 1 aliphatic heterocycles. The van der Waals surface area contributed by atoms with Gasteiger partial charge in [-0.15, -0.1) is 0 Å². The largest absolute Gasteiger partial charge is 0.478 e. The maximum Gasteiger partial charge on any atom is 0.337 e. The van der Waals surface area contributed by atoms with Gasteiger partial charge in [-0.2, -0.15) is 11.8 Å². The number of imidazole rings is 1. The SMILES string of the molecule is O=C(O)c1ccc2nc(CC3CCCCS3)cn2c1. The Balaban J connectivity index is 1.82. The van der Waals surface area contributed by atoms with E-state index < -0.39 is 5.97 Å². The van der Waals surface area contributed by atoms with Crippen molar-refractivity contribution in [3.8, 4) is 0 Å². The molecule has 0 amide bonds. The van der Waals surface area contributed by atoms with Crippen LogP contribution in [0.4, 0.5) is 0 Å². The molecule has 4 nitrogen and oxygen atoms in total. The molecule has 3 rings (SSSR count). The van der Waals surface area contributed by atoms with Crippen molar-refractivity contribution in [2.24, 2.45) is 0 Å². The number of fused-ring (bicyclic) bond motifs is 1. The van der Waals surface area contributed by atoms with Gasteiger partial charge in [0, 0.05) is 24.1 Å². The summed E-state index contributed by atoms with van der Waals surface area (Å²) in [6, 6.07) is 3.37. The molecule has 1 aliphatic rings. The molecule has 0 bridgehead atoms. The van der Waals surface area contributed by atoms with Gasteiger partial charge >= 0.3 is 5.97 Å². The van der Waals surface area contributed by atoms with E-state index in [2.05, 4.69) is 4.98 Å². The van der Waals surface area contributed by atoms with E-state index in [1.165, 1.54) is 25.0 Å². The predicted molar refractivity (Wildman–Crippen MR) is 76.0 cm³/mol. The third-order valence-electron chi connectivity index (χ3n) is 3.46. The van der Waals surface area contributed by atoms with E-state index in [-0.39, 0.29) is 0 Å². The molecule has 3 heterocycles. The lowest BCUT2D eigenvalue weighted by molar-refractivity contribution is 0.0696. The van der Waals surface area contributed by atoms with Crippen molar-refractivity contribution in [3.05, 3.63) is 35.8 Å². The smallest absolute Gasteiger partial charge is 0.337 e. The molecule has 0 radical (unpaired) electrons. The van der Waals surface area contributed by atoms with Crippen LogP contribution < -0.4 is 0 Å². The molecule has 1 unspecified atom stereocenters. The van der Waals surface area contributed by atoms with Crippen LogP contribution in [0.2, 0.25) is 0 Å². The third-order valence-corrected chi connectivity index (χ3v) is 4.86. The summed E-state index contributed by atoms with van der Waals surface area (Å²) in [5.74, 6) is 0.348. The van der Waals surface area contributed by atoms with E-state index in [0.29, 0.717) is 10.8 Å². The fourth-order valence-corrected chi connectivity index (χ4v) is 3.80. The molecule has 5 heteroatoms. The van der Waals surface area contributed by atoms with Crippen LogP contribution in [0.25, 0.3) is 5.65 Å². The Labute approximate surface area is 115 Å². The lowest BCUT2D eigenvalue weighted by atomic mass is 10.1. The van der Waals surface area contributed by atoms with Crippen molar-refractivity contribution in [2.45, 2.75) is 30.9 Å². The number of nitrogens with zero attached hydrogens (tertiary/aromatic N) is 2. The van der Waals surface area contributed by atoms with Crippen LogP contribution in [-0.4, -0.2) is 31.5 Å². The number of pyridine rings is 1. The van der Waals surface area contributed by atoms with Gasteiger partial charge in [-0.3, -0.25) is 0 Å². The number of carboxylic acids is 1. The number of carboxylic acid groups (broad SMARTS) is 1. The monoisotopic (exact) mass is 276 g/mol. The number of carbonyl (C=O) groups is 1. The molecule has 0 aromatic carbocycles. The Kier molecular flexibility index (Phi) is 3.46. The standard InChI is InChI=1S/C14H16N2O2S/c17-14(18)10-4-5-13-15-11(9-16(13)8-10)7-12-3-1-2-6-19-12/h4-5,8-9,12H,1-3,6-7H2,(H,17,18). The van der Waals surface area contributed by atoms with Crippen molar-refractivity contribution in [3.63, 3.8) is 0 Å². The van der Waals surface area contributed by atoms with Gasteiger partial charge in [-0.05, 0) is 30.7 Å². The number of aromatic carboxylic acids is 1. The zero-order valence-electron chi connectivity index (χ0n) is 10.6. The topological polar surface area (TPSA) is 54.6 Å². The second-order valence-electron chi connectivity index (χ2n) is 4.91. The minimum Gasteiger partial charge on any atom is -0.478 e. The molecule has 0 aliphatic carbocycles. The highest BCUT2D eigenvalue weighted by molar-refractivity contribution is 7.99. The minimum absolute atomic E-state index is 0.295. The van der Waals surface area contributed by atoms with Gasteiger partial charge in [0.25, 0.3) is 0 Å². The Hall–Kier alpha value is -1.49. The zero-order chi connectivity index (χ0) is 13.2. The molecule has 1 saturated heterocycles. The predicted octanol–water partition coefficient (Wildman–Crippen LogP) is 2.86. The first-order chi connectivity index (χ1) is 9.22. The Morgan fingerprint density at radius 2 is 2.32 bits per heavy atom. The Morgan fingerprint density at radius 1 is 1.42 bits per heavy atom. The van der Waals surface area contributed by atoms with E-state index in [1.54, 1.807) is 18.3 Å². The van der Waals surface area contributed by atoms with Gasteiger partial charge in [0.1, 0.15) is 5.65 Å². The van der Waals surface area contributed by atoms with Gasteiger partial charge in [0.15, 0.2) is 0 Å². The summed E-state index contributed by atoms with van der Waals surface area (Å²) in [5.41, 5.74) is 2.17. The number of hydrogen-bond donors (Lipinski definition) is 1. The van der Waals surface area contributed by atoms with E-state index in [4.69, 9.17) is 5.11 Å². The molecule has 2 aromatic rings. The average Bonchev–Trinajstić information content (AvgIpc) is 2.80. The maximum atomic E-state index is 10.9. The number of aromatic nitrogens is 2. The molecule has 2 aromatic heterocycles. The molecule has 0 saturated carbocycles. The van der Waals surface area contributed by atoms with Crippen molar-refractivity contribution in [2.75, 3.05) is 5.75 Å². The van der Waals surface area contributed by atoms with E-state index >= 15 is 0 Å². The van der Waals surface area contributed by atoms with Gasteiger partial charge < -0.3 is 9.51 Å². The number of thioether (sulfide) groups is 1. The Bertz CT molecular complexity index is 603. The van der Waals surface area contributed by atoms with Crippen LogP contribution in [0.15, 0.2) is 24.5 Å². The first-order valence-corrected chi connectivity index (χ1v) is 7.60. The molecule has 1 N–H and O–H groups in total. The summed E-state index contributed by atoms with van der Waals surface area (Å²) in [5, 5.41) is 9.64. The highest BCUT2D eigenvalue weighted by Crippen LogP contribution is 2.27. The number of hydrogen-bond acceptors (Lipinski definition) is 3. The molecule has 100 valence electrons. The van der Waals surface area contributed by atoms with E-state index in [9.17, 15) is 4.79 Å². The minimum atomic E-state index is -0.903. The van der Waals surface area contributed by atoms with Crippen LogP contribution in [0.5, 0.6) is 0 Å². The first kappa shape index (κ1) is 12.5. The van der Waals surface area contributed by atoms with Gasteiger partial charge in [-0.1, -0.05) is 6.42 Å². The second kappa shape index (κ2) is 5.25. The molecular formula is C14H16N2O2S. The van der Waals surface area contributed by atoms with E-state index in [1.807, 2.05) is 22.4 Å². The van der Waals surface area contributed by atoms with Crippen LogP contribution in [0, 0.1) is 0 Å². The van der Waals surface area contributed by atoms with Crippen LogP contribution in [-0.2, 0) is 6.42 Å². The normalized spacial score (nSPS) is 19.7. The highest BCUT2D eigenvalue weighted by Gasteiger charge is 2.16. The van der Waals surface area contributed by atoms with Gasteiger partial charge in [0.05, 0.1) is 11.3 Å². The first-order valence-electron chi connectivity index (χ1n) is 6.55.